The third kappa shape index (κ3) is 3.48. The first-order valence-electron chi connectivity index (χ1n) is 7.45. The Labute approximate surface area is 143 Å². The predicted molar refractivity (Wildman–Crippen MR) is 93.7 cm³/mol. The number of carboxylic acids is 1. The molecule has 3 rings (SSSR count). The molecule has 0 atom stereocenters. The molecule has 0 aliphatic heterocycles. The highest BCUT2D eigenvalue weighted by Gasteiger charge is 2.15. The molecular formula is C19H14N2O4. The van der Waals surface area contributed by atoms with Crippen molar-refractivity contribution in [2.45, 2.75) is 0 Å². The fourth-order valence-electron chi connectivity index (χ4n) is 2.41. The van der Waals surface area contributed by atoms with Crippen molar-refractivity contribution >= 4 is 28.4 Å². The largest absolute Gasteiger partial charge is 0.507 e. The summed E-state index contributed by atoms with van der Waals surface area (Å²) in [4.78, 5) is 23.7. The summed E-state index contributed by atoms with van der Waals surface area (Å²) in [5.74, 6) is -2.17. The van der Waals surface area contributed by atoms with Crippen LogP contribution in [0.15, 0.2) is 71.8 Å². The minimum absolute atomic E-state index is 0.0141. The molecular weight excluding hydrogens is 320 g/mol. The van der Waals surface area contributed by atoms with E-state index in [4.69, 9.17) is 0 Å². The van der Waals surface area contributed by atoms with E-state index in [9.17, 15) is 19.8 Å². The van der Waals surface area contributed by atoms with Gasteiger partial charge in [-0.05, 0) is 22.9 Å². The van der Waals surface area contributed by atoms with E-state index in [1.807, 2.05) is 24.3 Å². The van der Waals surface area contributed by atoms with Crippen LogP contribution >= 0.6 is 0 Å². The van der Waals surface area contributed by atoms with Crippen LogP contribution < -0.4 is 5.43 Å². The van der Waals surface area contributed by atoms with Crippen molar-refractivity contribution in [3.05, 3.63) is 77.9 Å². The average molecular weight is 334 g/mol. The Bertz CT molecular complexity index is 981. The summed E-state index contributed by atoms with van der Waals surface area (Å²) < 4.78 is 0. The van der Waals surface area contributed by atoms with Crippen LogP contribution in [-0.2, 0) is 4.79 Å². The molecule has 124 valence electrons. The highest BCUT2D eigenvalue weighted by atomic mass is 16.4. The lowest BCUT2D eigenvalue weighted by Crippen LogP contribution is -2.24. The fraction of sp³-hybridized carbons (Fsp3) is 0. The number of hydrazone groups is 1. The van der Waals surface area contributed by atoms with E-state index in [1.54, 1.807) is 30.3 Å². The van der Waals surface area contributed by atoms with Crippen LogP contribution in [0.25, 0.3) is 10.8 Å². The van der Waals surface area contributed by atoms with Crippen molar-refractivity contribution in [3.63, 3.8) is 0 Å². The quantitative estimate of drug-likeness (QED) is 0.504. The monoisotopic (exact) mass is 334 g/mol. The van der Waals surface area contributed by atoms with Gasteiger partial charge in [0, 0.05) is 5.56 Å². The number of carbonyl (C=O) groups is 2. The van der Waals surface area contributed by atoms with Crippen LogP contribution in [0.2, 0.25) is 0 Å². The zero-order valence-corrected chi connectivity index (χ0v) is 13.0. The number of phenolic OH excluding ortho intramolecular Hbond substituents is 1. The van der Waals surface area contributed by atoms with Crippen LogP contribution in [0.1, 0.15) is 15.9 Å². The fourth-order valence-corrected chi connectivity index (χ4v) is 2.41. The SMILES string of the molecule is O=C(O)/C(=N\NC(=O)c1cc2ccccc2cc1O)c1ccccc1. The van der Waals surface area contributed by atoms with Gasteiger partial charge in [-0.3, -0.25) is 4.79 Å². The number of carboxylic acid groups (broad SMARTS) is 1. The van der Waals surface area contributed by atoms with Crippen molar-refractivity contribution in [1.82, 2.24) is 5.43 Å². The Morgan fingerprint density at radius 3 is 2.12 bits per heavy atom. The van der Waals surface area contributed by atoms with E-state index >= 15 is 0 Å². The minimum atomic E-state index is -1.27. The van der Waals surface area contributed by atoms with E-state index < -0.39 is 11.9 Å². The van der Waals surface area contributed by atoms with E-state index in [0.29, 0.717) is 5.56 Å². The number of aliphatic carboxylic acids is 1. The number of nitrogens with one attached hydrogen (secondary N) is 1. The van der Waals surface area contributed by atoms with Crippen LogP contribution in [-0.4, -0.2) is 27.8 Å². The van der Waals surface area contributed by atoms with Crippen molar-refractivity contribution in [2.24, 2.45) is 5.10 Å². The molecule has 1 amide bonds. The van der Waals surface area contributed by atoms with E-state index in [0.717, 1.165) is 10.8 Å². The summed E-state index contributed by atoms with van der Waals surface area (Å²) >= 11 is 0. The number of hydrogen-bond donors (Lipinski definition) is 3. The van der Waals surface area contributed by atoms with Crippen LogP contribution in [0.3, 0.4) is 0 Å². The highest BCUT2D eigenvalue weighted by molar-refractivity contribution is 6.42. The number of fused-ring (bicyclic) bond motifs is 1. The molecule has 0 saturated heterocycles. The molecule has 0 spiro atoms. The number of carbonyl (C=O) groups excluding carboxylic acids is 1. The first kappa shape index (κ1) is 16.2. The topological polar surface area (TPSA) is 99.0 Å². The Morgan fingerprint density at radius 1 is 0.880 bits per heavy atom. The van der Waals surface area contributed by atoms with Crippen LogP contribution in [0.5, 0.6) is 5.75 Å². The lowest BCUT2D eigenvalue weighted by molar-refractivity contribution is -0.129. The second-order valence-corrected chi connectivity index (χ2v) is 5.29. The second kappa shape index (κ2) is 6.84. The number of benzene rings is 3. The molecule has 3 aromatic rings. The van der Waals surface area contributed by atoms with Gasteiger partial charge >= 0.3 is 5.97 Å². The van der Waals surface area contributed by atoms with Crippen molar-refractivity contribution in [1.29, 1.82) is 0 Å². The van der Waals surface area contributed by atoms with Gasteiger partial charge in [-0.1, -0.05) is 54.6 Å². The summed E-state index contributed by atoms with van der Waals surface area (Å²) in [5.41, 5.74) is 2.27. The maximum Gasteiger partial charge on any atom is 0.356 e. The highest BCUT2D eigenvalue weighted by Crippen LogP contribution is 2.24. The van der Waals surface area contributed by atoms with Gasteiger partial charge in [0.25, 0.3) is 5.91 Å². The van der Waals surface area contributed by atoms with Gasteiger partial charge in [0.05, 0.1) is 5.56 Å². The predicted octanol–water partition coefficient (Wildman–Crippen LogP) is 2.76. The van der Waals surface area contributed by atoms with Gasteiger partial charge in [-0.25, -0.2) is 10.2 Å². The lowest BCUT2D eigenvalue weighted by Gasteiger charge is -2.07. The molecule has 3 aromatic carbocycles. The average Bonchev–Trinajstić information content (AvgIpc) is 2.61. The number of hydrogen-bond acceptors (Lipinski definition) is 4. The molecule has 3 N–H and O–H groups in total. The number of amides is 1. The Kier molecular flexibility index (Phi) is 4.43. The third-order valence-electron chi connectivity index (χ3n) is 3.63. The van der Waals surface area contributed by atoms with Gasteiger partial charge < -0.3 is 10.2 Å². The molecule has 0 radical (unpaired) electrons. The standard InChI is InChI=1S/C19H14N2O4/c22-16-11-14-9-5-4-8-13(14)10-15(16)18(23)21-20-17(19(24)25)12-6-2-1-3-7-12/h1-11,22H,(H,21,23)(H,24,25)/b20-17-. The molecule has 0 fully saturated rings. The Hall–Kier alpha value is -3.67. The van der Waals surface area contributed by atoms with Gasteiger partial charge in [-0.15, -0.1) is 0 Å². The normalized spacial score (nSPS) is 11.3. The smallest absolute Gasteiger partial charge is 0.356 e. The van der Waals surface area contributed by atoms with Crippen molar-refractivity contribution in [3.8, 4) is 5.75 Å². The zero-order valence-electron chi connectivity index (χ0n) is 13.0. The maximum absolute atomic E-state index is 12.3. The summed E-state index contributed by atoms with van der Waals surface area (Å²) in [7, 11) is 0. The molecule has 6 heteroatoms. The first-order valence-corrected chi connectivity index (χ1v) is 7.45. The summed E-state index contributed by atoms with van der Waals surface area (Å²) in [6, 6.07) is 18.5. The number of nitrogens with zero attached hydrogens (tertiary/aromatic N) is 1. The van der Waals surface area contributed by atoms with Crippen molar-refractivity contribution < 1.29 is 19.8 Å². The number of phenols is 1. The summed E-state index contributed by atoms with van der Waals surface area (Å²) in [5, 5.41) is 24.6. The molecule has 0 unspecified atom stereocenters. The second-order valence-electron chi connectivity index (χ2n) is 5.29. The molecule has 0 aliphatic rings. The minimum Gasteiger partial charge on any atom is -0.507 e. The Balaban J connectivity index is 1.91. The molecule has 6 nitrogen and oxygen atoms in total. The van der Waals surface area contributed by atoms with E-state index in [2.05, 4.69) is 10.5 Å². The number of aromatic hydroxyl groups is 1. The molecule has 0 aliphatic carbocycles. The first-order chi connectivity index (χ1) is 12.1. The number of rotatable bonds is 4. The molecule has 0 heterocycles. The van der Waals surface area contributed by atoms with Gasteiger partial charge in [0.2, 0.25) is 0 Å². The molecule has 0 bridgehead atoms. The van der Waals surface area contributed by atoms with Gasteiger partial charge in [0.15, 0.2) is 5.71 Å². The summed E-state index contributed by atoms with van der Waals surface area (Å²) in [6.07, 6.45) is 0. The summed E-state index contributed by atoms with van der Waals surface area (Å²) in [6.45, 7) is 0. The molecule has 25 heavy (non-hydrogen) atoms. The van der Waals surface area contributed by atoms with Crippen molar-refractivity contribution in [2.75, 3.05) is 0 Å². The van der Waals surface area contributed by atoms with E-state index in [-0.39, 0.29) is 17.0 Å². The van der Waals surface area contributed by atoms with E-state index in [1.165, 1.54) is 12.1 Å². The lowest BCUT2D eigenvalue weighted by atomic mass is 10.1. The third-order valence-corrected chi connectivity index (χ3v) is 3.63. The molecule has 0 saturated carbocycles. The van der Waals surface area contributed by atoms with Crippen LogP contribution in [0, 0.1) is 0 Å². The van der Waals surface area contributed by atoms with Gasteiger partial charge in [-0.2, -0.15) is 5.10 Å². The van der Waals surface area contributed by atoms with Gasteiger partial charge in [0.1, 0.15) is 5.75 Å². The maximum atomic E-state index is 12.3. The Morgan fingerprint density at radius 2 is 1.48 bits per heavy atom. The zero-order chi connectivity index (χ0) is 17.8. The molecule has 0 aromatic heterocycles. The van der Waals surface area contributed by atoms with Crippen LogP contribution in [0.4, 0.5) is 0 Å².